The second kappa shape index (κ2) is 7.99. The standard InChI is InChI=1S/C17H26N2O5/c1-10(2)22-13-8-14(19-16(21)24-17(5,6)7)18-9-12(13)15(20)23-11(3)4/h8-11H,1-7H3,(H,18,19,21). The number of hydrogen-bond donors (Lipinski definition) is 1. The summed E-state index contributed by atoms with van der Waals surface area (Å²) in [5.41, 5.74) is -0.422. The highest BCUT2D eigenvalue weighted by Crippen LogP contribution is 2.24. The van der Waals surface area contributed by atoms with Gasteiger partial charge >= 0.3 is 12.1 Å². The second-order valence-electron chi connectivity index (χ2n) is 6.81. The predicted octanol–water partition coefficient (Wildman–Crippen LogP) is 3.78. The number of esters is 1. The van der Waals surface area contributed by atoms with E-state index >= 15 is 0 Å². The van der Waals surface area contributed by atoms with Gasteiger partial charge in [0.2, 0.25) is 0 Å². The van der Waals surface area contributed by atoms with Crippen LogP contribution in [-0.4, -0.2) is 34.9 Å². The number of carbonyl (C=O) groups excluding carboxylic acids is 2. The summed E-state index contributed by atoms with van der Waals surface area (Å²) in [6, 6.07) is 1.47. The SMILES string of the molecule is CC(C)OC(=O)c1cnc(NC(=O)OC(C)(C)C)cc1OC(C)C. The van der Waals surface area contributed by atoms with E-state index in [0.29, 0.717) is 0 Å². The minimum Gasteiger partial charge on any atom is -0.490 e. The molecule has 0 saturated heterocycles. The largest absolute Gasteiger partial charge is 0.490 e. The number of aromatic nitrogens is 1. The van der Waals surface area contributed by atoms with E-state index in [0.717, 1.165) is 0 Å². The summed E-state index contributed by atoms with van der Waals surface area (Å²) in [5.74, 6) is -0.0188. The zero-order chi connectivity index (χ0) is 18.5. The van der Waals surface area contributed by atoms with Crippen molar-refractivity contribution in [3.05, 3.63) is 17.8 Å². The van der Waals surface area contributed by atoms with Gasteiger partial charge in [0.15, 0.2) is 0 Å². The molecule has 1 aromatic rings. The van der Waals surface area contributed by atoms with Gasteiger partial charge in [-0.3, -0.25) is 5.32 Å². The van der Waals surface area contributed by atoms with Crippen LogP contribution in [0.15, 0.2) is 12.3 Å². The van der Waals surface area contributed by atoms with E-state index in [1.54, 1.807) is 34.6 Å². The summed E-state index contributed by atoms with van der Waals surface area (Å²) in [6.45, 7) is 12.5. The Morgan fingerprint density at radius 2 is 1.75 bits per heavy atom. The van der Waals surface area contributed by atoms with Crippen LogP contribution in [-0.2, 0) is 9.47 Å². The Labute approximate surface area is 142 Å². The van der Waals surface area contributed by atoms with Crippen molar-refractivity contribution in [2.45, 2.75) is 66.3 Å². The highest BCUT2D eigenvalue weighted by atomic mass is 16.6. The van der Waals surface area contributed by atoms with Crippen molar-refractivity contribution < 1.29 is 23.8 Å². The van der Waals surface area contributed by atoms with Crippen molar-refractivity contribution in [1.29, 1.82) is 0 Å². The number of ether oxygens (including phenoxy) is 3. The van der Waals surface area contributed by atoms with E-state index in [2.05, 4.69) is 10.3 Å². The van der Waals surface area contributed by atoms with E-state index in [1.165, 1.54) is 12.3 Å². The predicted molar refractivity (Wildman–Crippen MR) is 90.4 cm³/mol. The molecule has 0 atom stereocenters. The molecule has 0 saturated carbocycles. The van der Waals surface area contributed by atoms with Crippen LogP contribution in [0.1, 0.15) is 58.8 Å². The molecule has 0 aliphatic carbocycles. The number of anilines is 1. The lowest BCUT2D eigenvalue weighted by Gasteiger charge is -2.20. The number of pyridine rings is 1. The first kappa shape index (κ1) is 19.7. The van der Waals surface area contributed by atoms with Gasteiger partial charge in [0.25, 0.3) is 0 Å². The number of nitrogens with zero attached hydrogens (tertiary/aromatic N) is 1. The van der Waals surface area contributed by atoms with Crippen molar-refractivity contribution in [3.8, 4) is 5.75 Å². The normalized spacial score (nSPS) is 11.4. The first-order valence-corrected chi connectivity index (χ1v) is 7.85. The van der Waals surface area contributed by atoms with E-state index < -0.39 is 17.7 Å². The fourth-order valence-corrected chi connectivity index (χ4v) is 1.70. The van der Waals surface area contributed by atoms with Gasteiger partial charge < -0.3 is 14.2 Å². The summed E-state index contributed by atoms with van der Waals surface area (Å²) < 4.78 is 16.0. The van der Waals surface area contributed by atoms with Gasteiger partial charge in [-0.05, 0) is 48.5 Å². The highest BCUT2D eigenvalue weighted by Gasteiger charge is 2.20. The first-order valence-electron chi connectivity index (χ1n) is 7.85. The maximum Gasteiger partial charge on any atom is 0.413 e. The second-order valence-corrected chi connectivity index (χ2v) is 6.81. The van der Waals surface area contributed by atoms with Crippen molar-refractivity contribution in [2.24, 2.45) is 0 Å². The molecule has 24 heavy (non-hydrogen) atoms. The van der Waals surface area contributed by atoms with Gasteiger partial charge in [-0.15, -0.1) is 0 Å². The van der Waals surface area contributed by atoms with Gasteiger partial charge in [-0.1, -0.05) is 0 Å². The molecular weight excluding hydrogens is 312 g/mol. The van der Waals surface area contributed by atoms with Gasteiger partial charge in [0.1, 0.15) is 22.7 Å². The van der Waals surface area contributed by atoms with Crippen LogP contribution in [0.2, 0.25) is 0 Å². The Bertz CT molecular complexity index is 591. The molecular formula is C17H26N2O5. The average Bonchev–Trinajstić information content (AvgIpc) is 2.34. The number of rotatable bonds is 5. The molecule has 7 heteroatoms. The molecule has 0 unspecified atom stereocenters. The molecule has 1 aromatic heterocycles. The third-order valence-electron chi connectivity index (χ3n) is 2.42. The molecule has 0 aliphatic rings. The van der Waals surface area contributed by atoms with E-state index in [1.807, 2.05) is 13.8 Å². The summed E-state index contributed by atoms with van der Waals surface area (Å²) in [5, 5.41) is 2.51. The summed E-state index contributed by atoms with van der Waals surface area (Å²) in [6.07, 6.45) is 0.258. The molecule has 0 radical (unpaired) electrons. The van der Waals surface area contributed by atoms with E-state index in [-0.39, 0.29) is 29.3 Å². The number of amides is 1. The third-order valence-corrected chi connectivity index (χ3v) is 2.42. The zero-order valence-corrected chi connectivity index (χ0v) is 15.3. The number of nitrogens with one attached hydrogen (secondary N) is 1. The van der Waals surface area contributed by atoms with Crippen LogP contribution >= 0.6 is 0 Å². The van der Waals surface area contributed by atoms with Gasteiger partial charge in [0.05, 0.1) is 12.2 Å². The lowest BCUT2D eigenvalue weighted by Crippen LogP contribution is -2.27. The lowest BCUT2D eigenvalue weighted by atomic mass is 10.2. The molecule has 0 aliphatic heterocycles. The molecule has 1 heterocycles. The van der Waals surface area contributed by atoms with Crippen LogP contribution in [0, 0.1) is 0 Å². The number of carbonyl (C=O) groups is 2. The summed E-state index contributed by atoms with van der Waals surface area (Å²) in [7, 11) is 0. The van der Waals surface area contributed by atoms with Crippen LogP contribution < -0.4 is 10.1 Å². The quantitative estimate of drug-likeness (QED) is 0.822. The minimum atomic E-state index is -0.636. The Balaban J connectivity index is 3.01. The average molecular weight is 338 g/mol. The third kappa shape index (κ3) is 6.85. The summed E-state index contributed by atoms with van der Waals surface area (Å²) in [4.78, 5) is 28.0. The molecule has 134 valence electrons. The Hall–Kier alpha value is -2.31. The zero-order valence-electron chi connectivity index (χ0n) is 15.3. The molecule has 1 N–H and O–H groups in total. The van der Waals surface area contributed by atoms with Crippen molar-refractivity contribution in [1.82, 2.24) is 4.98 Å². The molecule has 1 amide bonds. The topological polar surface area (TPSA) is 86.8 Å². The smallest absolute Gasteiger partial charge is 0.413 e. The monoisotopic (exact) mass is 338 g/mol. The highest BCUT2D eigenvalue weighted by molar-refractivity contribution is 5.93. The van der Waals surface area contributed by atoms with Crippen LogP contribution in [0.25, 0.3) is 0 Å². The Morgan fingerprint density at radius 1 is 1.12 bits per heavy atom. The lowest BCUT2D eigenvalue weighted by molar-refractivity contribution is 0.0371. The summed E-state index contributed by atoms with van der Waals surface area (Å²) >= 11 is 0. The Kier molecular flexibility index (Phi) is 6.57. The molecule has 0 bridgehead atoms. The van der Waals surface area contributed by atoms with Gasteiger partial charge in [-0.2, -0.15) is 0 Å². The van der Waals surface area contributed by atoms with Crippen molar-refractivity contribution >= 4 is 17.9 Å². The molecule has 0 aromatic carbocycles. The molecule has 1 rings (SSSR count). The fourth-order valence-electron chi connectivity index (χ4n) is 1.70. The fraction of sp³-hybridized carbons (Fsp3) is 0.588. The first-order chi connectivity index (χ1) is 11.0. The van der Waals surface area contributed by atoms with E-state index in [9.17, 15) is 9.59 Å². The van der Waals surface area contributed by atoms with Crippen LogP contribution in [0.5, 0.6) is 5.75 Å². The molecule has 7 nitrogen and oxygen atoms in total. The number of hydrogen-bond acceptors (Lipinski definition) is 6. The van der Waals surface area contributed by atoms with Gasteiger partial charge in [0, 0.05) is 12.3 Å². The Morgan fingerprint density at radius 3 is 2.25 bits per heavy atom. The van der Waals surface area contributed by atoms with Gasteiger partial charge in [-0.25, -0.2) is 14.6 Å². The molecule has 0 spiro atoms. The van der Waals surface area contributed by atoms with Crippen molar-refractivity contribution in [3.63, 3.8) is 0 Å². The maximum atomic E-state index is 12.1. The van der Waals surface area contributed by atoms with Crippen LogP contribution in [0.3, 0.4) is 0 Å². The molecule has 0 fully saturated rings. The van der Waals surface area contributed by atoms with E-state index in [4.69, 9.17) is 14.2 Å². The minimum absolute atomic E-state index is 0.160. The van der Waals surface area contributed by atoms with Crippen molar-refractivity contribution in [2.75, 3.05) is 5.32 Å². The van der Waals surface area contributed by atoms with Crippen LogP contribution in [0.4, 0.5) is 10.6 Å². The maximum absolute atomic E-state index is 12.1.